The minimum atomic E-state index is -3.53. The second-order valence-electron chi connectivity index (χ2n) is 4.69. The van der Waals surface area contributed by atoms with Crippen molar-refractivity contribution in [3.8, 4) is 0 Å². The zero-order valence-electron chi connectivity index (χ0n) is 12.0. The lowest BCUT2D eigenvalue weighted by molar-refractivity contribution is 0.579. The van der Waals surface area contributed by atoms with Gasteiger partial charge in [0.2, 0.25) is 10.0 Å². The fourth-order valence-corrected chi connectivity index (χ4v) is 3.53. The van der Waals surface area contributed by atoms with Gasteiger partial charge >= 0.3 is 0 Å². The largest absolute Gasteiger partial charge is 0.269 e. The van der Waals surface area contributed by atoms with Gasteiger partial charge in [0, 0.05) is 18.1 Å². The van der Waals surface area contributed by atoms with Crippen molar-refractivity contribution in [2.45, 2.75) is 31.7 Å². The first-order valence-corrected chi connectivity index (χ1v) is 8.56. The molecule has 0 saturated heterocycles. The third kappa shape index (κ3) is 3.84. The van der Waals surface area contributed by atoms with Crippen molar-refractivity contribution in [2.24, 2.45) is 0 Å². The van der Waals surface area contributed by atoms with Gasteiger partial charge in [-0.3, -0.25) is 4.68 Å². The number of aryl methyl sites for hydroxylation is 1. The summed E-state index contributed by atoms with van der Waals surface area (Å²) in [6, 6.07) is 7.39. The van der Waals surface area contributed by atoms with Gasteiger partial charge < -0.3 is 0 Å². The number of aromatic nitrogens is 2. The first kappa shape index (κ1) is 16.0. The smallest absolute Gasteiger partial charge is 0.243 e. The van der Waals surface area contributed by atoms with Gasteiger partial charge in [-0.15, -0.1) is 0 Å². The van der Waals surface area contributed by atoms with Crippen LogP contribution in [0.3, 0.4) is 0 Å². The van der Waals surface area contributed by atoms with Gasteiger partial charge in [0.15, 0.2) is 0 Å². The third-order valence-electron chi connectivity index (χ3n) is 3.24. The molecule has 2 aromatic rings. The number of nitrogens with one attached hydrogen (secondary N) is 1. The van der Waals surface area contributed by atoms with Crippen molar-refractivity contribution in [3.63, 3.8) is 0 Å². The highest BCUT2D eigenvalue weighted by Gasteiger charge is 2.19. The number of rotatable bonds is 6. The number of benzene rings is 1. The highest BCUT2D eigenvalue weighted by Crippen LogP contribution is 2.14. The average Bonchev–Trinajstić information content (AvgIpc) is 2.80. The van der Waals surface area contributed by atoms with Gasteiger partial charge in [0.05, 0.1) is 11.9 Å². The Morgan fingerprint density at radius 1 is 1.38 bits per heavy atom. The summed E-state index contributed by atoms with van der Waals surface area (Å²) >= 11 is 5.90. The van der Waals surface area contributed by atoms with Crippen LogP contribution in [-0.4, -0.2) is 24.7 Å². The van der Waals surface area contributed by atoms with Crippen LogP contribution in [0, 0.1) is 6.92 Å². The van der Waals surface area contributed by atoms with Crippen molar-refractivity contribution in [2.75, 3.05) is 6.54 Å². The topological polar surface area (TPSA) is 64.0 Å². The molecule has 0 aliphatic carbocycles. The lowest BCUT2D eigenvalue weighted by Gasteiger charge is -2.07. The van der Waals surface area contributed by atoms with Crippen LogP contribution < -0.4 is 4.72 Å². The molecule has 21 heavy (non-hydrogen) atoms. The predicted molar refractivity (Wildman–Crippen MR) is 83.0 cm³/mol. The predicted octanol–water partition coefficient (Wildman–Crippen LogP) is 2.39. The van der Waals surface area contributed by atoms with Crippen LogP contribution in [0.2, 0.25) is 5.02 Å². The fraction of sp³-hybridized carbons (Fsp3) is 0.357. The second kappa shape index (κ2) is 6.60. The Morgan fingerprint density at radius 3 is 2.76 bits per heavy atom. The van der Waals surface area contributed by atoms with Crippen molar-refractivity contribution < 1.29 is 8.42 Å². The molecule has 7 heteroatoms. The summed E-state index contributed by atoms with van der Waals surface area (Å²) in [5.41, 5.74) is 1.64. The Balaban J connectivity index is 2.03. The minimum absolute atomic E-state index is 0.232. The Labute approximate surface area is 130 Å². The SMILES string of the molecule is CCn1ncc(S(=O)(=O)NCCc2cccc(Cl)c2)c1C. The van der Waals surface area contributed by atoms with Gasteiger partial charge in [0.1, 0.15) is 4.90 Å². The van der Waals surface area contributed by atoms with Crippen LogP contribution in [0.1, 0.15) is 18.2 Å². The summed E-state index contributed by atoms with van der Waals surface area (Å²) in [5, 5.41) is 4.71. The molecule has 2 rings (SSSR count). The molecule has 1 aromatic carbocycles. The molecule has 0 fully saturated rings. The second-order valence-corrected chi connectivity index (χ2v) is 6.86. The van der Waals surface area contributed by atoms with Gasteiger partial charge in [-0.05, 0) is 38.0 Å². The van der Waals surface area contributed by atoms with E-state index in [1.165, 1.54) is 6.20 Å². The summed E-state index contributed by atoms with van der Waals surface area (Å²) in [4.78, 5) is 0.232. The van der Waals surface area contributed by atoms with Crippen LogP contribution in [0.4, 0.5) is 0 Å². The molecule has 0 aliphatic rings. The van der Waals surface area contributed by atoms with E-state index in [9.17, 15) is 8.42 Å². The first-order valence-electron chi connectivity index (χ1n) is 6.70. The van der Waals surface area contributed by atoms with Crippen LogP contribution in [-0.2, 0) is 23.0 Å². The molecule has 1 N–H and O–H groups in total. The molecule has 0 unspecified atom stereocenters. The van der Waals surface area contributed by atoms with Crippen LogP contribution in [0.25, 0.3) is 0 Å². The summed E-state index contributed by atoms with van der Waals surface area (Å²) < 4.78 is 28.8. The zero-order chi connectivity index (χ0) is 15.5. The van der Waals surface area contributed by atoms with Crippen molar-refractivity contribution >= 4 is 21.6 Å². The van der Waals surface area contributed by atoms with Crippen LogP contribution >= 0.6 is 11.6 Å². The molecule has 1 heterocycles. The Bertz CT molecular complexity index is 726. The highest BCUT2D eigenvalue weighted by atomic mass is 35.5. The van der Waals surface area contributed by atoms with E-state index in [2.05, 4.69) is 9.82 Å². The lowest BCUT2D eigenvalue weighted by Crippen LogP contribution is -2.26. The van der Waals surface area contributed by atoms with Gasteiger partial charge in [-0.2, -0.15) is 5.10 Å². The van der Waals surface area contributed by atoms with Crippen molar-refractivity contribution in [1.82, 2.24) is 14.5 Å². The number of hydrogen-bond donors (Lipinski definition) is 1. The molecular formula is C14H18ClN3O2S. The molecule has 0 amide bonds. The Kier molecular flexibility index (Phi) is 5.03. The fourth-order valence-electron chi connectivity index (χ4n) is 2.11. The summed E-state index contributed by atoms with van der Waals surface area (Å²) in [7, 11) is -3.53. The Morgan fingerprint density at radius 2 is 2.14 bits per heavy atom. The van der Waals surface area contributed by atoms with E-state index in [-0.39, 0.29) is 4.90 Å². The van der Waals surface area contributed by atoms with E-state index >= 15 is 0 Å². The number of nitrogens with zero attached hydrogens (tertiary/aromatic N) is 2. The Hall–Kier alpha value is -1.37. The molecule has 114 valence electrons. The molecule has 1 aromatic heterocycles. The van der Waals surface area contributed by atoms with E-state index in [1.54, 1.807) is 17.7 Å². The molecular weight excluding hydrogens is 310 g/mol. The lowest BCUT2D eigenvalue weighted by atomic mass is 10.2. The van der Waals surface area contributed by atoms with Crippen molar-refractivity contribution in [1.29, 1.82) is 0 Å². The monoisotopic (exact) mass is 327 g/mol. The normalized spacial score (nSPS) is 11.8. The quantitative estimate of drug-likeness (QED) is 0.886. The molecule has 5 nitrogen and oxygen atoms in total. The van der Waals surface area contributed by atoms with Crippen molar-refractivity contribution in [3.05, 3.63) is 46.7 Å². The number of halogens is 1. The summed E-state index contributed by atoms with van der Waals surface area (Å²) in [5.74, 6) is 0. The number of sulfonamides is 1. The molecule has 0 spiro atoms. The van der Waals surface area contributed by atoms with Crippen LogP contribution in [0.15, 0.2) is 35.4 Å². The molecule has 0 atom stereocenters. The van der Waals surface area contributed by atoms with Crippen LogP contribution in [0.5, 0.6) is 0 Å². The standard InChI is InChI=1S/C14H18ClN3O2S/c1-3-18-11(2)14(10-16-18)21(19,20)17-8-7-12-5-4-6-13(15)9-12/h4-6,9-10,17H,3,7-8H2,1-2H3. The van der Waals surface area contributed by atoms with E-state index in [1.807, 2.05) is 25.1 Å². The first-order chi connectivity index (χ1) is 9.94. The molecule has 0 aliphatic heterocycles. The summed E-state index contributed by atoms with van der Waals surface area (Å²) in [6.07, 6.45) is 1.97. The molecule has 0 bridgehead atoms. The maximum atomic E-state index is 12.2. The maximum absolute atomic E-state index is 12.2. The van der Waals surface area contributed by atoms with E-state index in [4.69, 9.17) is 11.6 Å². The van der Waals surface area contributed by atoms with Gasteiger partial charge in [-0.1, -0.05) is 23.7 Å². The zero-order valence-corrected chi connectivity index (χ0v) is 13.6. The minimum Gasteiger partial charge on any atom is -0.269 e. The summed E-state index contributed by atoms with van der Waals surface area (Å²) in [6.45, 7) is 4.63. The average molecular weight is 328 g/mol. The van der Waals surface area contributed by atoms with E-state index in [0.29, 0.717) is 30.2 Å². The van der Waals surface area contributed by atoms with Gasteiger partial charge in [-0.25, -0.2) is 13.1 Å². The highest BCUT2D eigenvalue weighted by molar-refractivity contribution is 7.89. The third-order valence-corrected chi connectivity index (χ3v) is 5.04. The maximum Gasteiger partial charge on any atom is 0.243 e. The molecule has 0 saturated carbocycles. The van der Waals surface area contributed by atoms with E-state index in [0.717, 1.165) is 5.56 Å². The van der Waals surface area contributed by atoms with Gasteiger partial charge in [0.25, 0.3) is 0 Å². The number of hydrogen-bond acceptors (Lipinski definition) is 3. The molecule has 0 radical (unpaired) electrons. The van der Waals surface area contributed by atoms with E-state index < -0.39 is 10.0 Å².